The number of piperidine rings is 1. The van der Waals surface area contributed by atoms with E-state index in [9.17, 15) is 18.0 Å². The largest absolute Gasteiger partial charge is 0.357 e. The smallest absolute Gasteiger partial charge is 0.135 e. The van der Waals surface area contributed by atoms with Gasteiger partial charge in [0.15, 0.2) is 0 Å². The Morgan fingerprint density at radius 1 is 0.487 bits per heavy atom. The summed E-state index contributed by atoms with van der Waals surface area (Å²) in [6, 6.07) is 44.3. The van der Waals surface area contributed by atoms with Gasteiger partial charge in [-0.05, 0) is 299 Å². The van der Waals surface area contributed by atoms with Crippen molar-refractivity contribution in [2.24, 2.45) is 5.84 Å². The zero-order valence-electron chi connectivity index (χ0n) is 67.7. The van der Waals surface area contributed by atoms with Crippen molar-refractivity contribution in [2.75, 3.05) is 79.9 Å². The molecule has 12 nitrogen and oxygen atoms in total. The molecule has 18 rings (SSSR count). The van der Waals surface area contributed by atoms with Gasteiger partial charge < -0.3 is 48.6 Å². The lowest BCUT2D eigenvalue weighted by Crippen LogP contribution is -2.29. The predicted octanol–water partition coefficient (Wildman–Crippen LogP) is 22.0. The first-order valence-corrected chi connectivity index (χ1v) is 42.0. The number of H-pyrrole nitrogens is 1. The monoisotopic (exact) mass is 1740 g/mol. The minimum Gasteiger partial charge on any atom is -0.357 e. The number of carbonyl (C=O) groups is 1. The SMILES string of the molecule is C.C=C(Cn1c2c(c3cc(C)cc(Br)c31)CN(C)CC2)c1ccc(F)cc1.C=CCc1cc(C)cc2c3c(n(CC(=C)c4ccc(F)cc4)c12)CCN(C)C3.CN1CCC(=O)CC1.Cc1cc(Br)c2[nH]c3c(c2c1)CN(C)CC3.Cc1cc2c3c(c1)c1c(n3CC(c3ccc(F)cc3)=CC2)CCN(C)C1.Cc1ccc(NN)c(Br)c1. The van der Waals surface area contributed by atoms with Gasteiger partial charge >= 0.3 is 0 Å². The van der Waals surface area contributed by atoms with E-state index in [0.717, 1.165) is 166 Å². The van der Waals surface area contributed by atoms with Crippen molar-refractivity contribution in [2.45, 2.75) is 139 Å². The standard InChI is InChI=1S/C25H27FN2.C23H23FN2.C22H22BrFN2.C13H15BrN2.C7H9BrN2.C6H11NO.CH4/c1-5-6-20-13-17(2)14-22-23-16-27(4)12-11-24(23)28(25(20)22)15-18(3)19-7-9-21(26)10-8-19;1-15-11-17-3-4-18(16-5-7-19(24)8-6-16)13-26-22-9-10-25(2)14-21(22)20(12-15)23(17)26;1-14-10-18-19-13-25(3)9-8-21(19)26(22(18)20(23)11-14)12-15(2)16-4-6-17(24)7-5-16;1-8-5-9-10-7-16(2)4-3-12(10)15-13(9)11(14)6-8;1-5-2-3-7(10-9)6(8)4-5;1-7-4-2-6(8)3-5-7;/h5,7-10,13-14H,1,3,6,11-12,15-16H2,2,4H3;4-8,11-12H,3,9-10,13-14H2,1-2H3;4-7,10-11H,2,8-9,12-13H2,1,3H3;5-6,15H,3-4,7H2,1-2H3;2-4,10H,9H2,1H3;2-5H2,1H3;1H4. The number of benzene rings is 8. The summed E-state index contributed by atoms with van der Waals surface area (Å²) in [7, 11) is 10.8. The molecule has 0 aliphatic carbocycles. The number of hydrogen-bond donors (Lipinski definition) is 3. The summed E-state index contributed by atoms with van der Waals surface area (Å²) in [4.78, 5) is 25.9. The van der Waals surface area contributed by atoms with Gasteiger partial charge in [0.05, 0.1) is 27.8 Å². The Morgan fingerprint density at radius 2 is 0.930 bits per heavy atom. The Morgan fingerprint density at radius 3 is 1.46 bits per heavy atom. The Kier molecular flexibility index (Phi) is 28.1. The fourth-order valence-electron chi connectivity index (χ4n) is 17.1. The number of aryl methyl sites for hydroxylation is 5. The van der Waals surface area contributed by atoms with Crippen molar-refractivity contribution in [3.8, 4) is 0 Å². The van der Waals surface area contributed by atoms with Crippen molar-refractivity contribution < 1.29 is 18.0 Å². The van der Waals surface area contributed by atoms with Gasteiger partial charge in [0.2, 0.25) is 0 Å². The molecule has 0 radical (unpaired) electrons. The number of nitrogens with two attached hydrogens (primary N) is 1. The maximum absolute atomic E-state index is 13.4. The molecule has 0 atom stereocenters. The Bertz CT molecular complexity index is 5590. The van der Waals surface area contributed by atoms with E-state index in [2.05, 4.69) is 227 Å². The summed E-state index contributed by atoms with van der Waals surface area (Å²) < 4.78 is 50.6. The number of likely N-dealkylation sites (tertiary alicyclic amines) is 1. The van der Waals surface area contributed by atoms with Gasteiger partial charge in [-0.2, -0.15) is 0 Å². The van der Waals surface area contributed by atoms with Gasteiger partial charge in [-0.25, -0.2) is 13.2 Å². The quantitative estimate of drug-likeness (QED) is 0.0707. The zero-order valence-corrected chi connectivity index (χ0v) is 72.5. The predicted molar refractivity (Wildman–Crippen MR) is 487 cm³/mol. The van der Waals surface area contributed by atoms with Crippen molar-refractivity contribution in [1.29, 1.82) is 0 Å². The number of carbonyl (C=O) groups excluding carboxylic acids is 1. The summed E-state index contributed by atoms with van der Waals surface area (Å²) in [5.74, 6) is 5.03. The first-order valence-electron chi connectivity index (χ1n) is 39.7. The average molecular weight is 1740 g/mol. The molecule has 0 bridgehead atoms. The highest BCUT2D eigenvalue weighted by molar-refractivity contribution is 9.11. The lowest BCUT2D eigenvalue weighted by atomic mass is 9.98. The molecular formula is C97H111Br3F3N11O. The third-order valence-corrected chi connectivity index (χ3v) is 24.9. The van der Waals surface area contributed by atoms with E-state index < -0.39 is 0 Å². The molecule has 602 valence electrons. The average Bonchev–Trinajstić information content (AvgIpc) is 1.58. The maximum atomic E-state index is 13.4. The number of likely N-dealkylation sites (N-methyl/N-ethyl adjacent to an activating group) is 4. The number of nitrogens with one attached hydrogen (secondary N) is 2. The van der Waals surface area contributed by atoms with Crippen LogP contribution in [-0.2, 0) is 89.1 Å². The summed E-state index contributed by atoms with van der Waals surface area (Å²) in [6.07, 6.45) is 11.9. The van der Waals surface area contributed by atoms with Crippen LogP contribution >= 0.6 is 47.8 Å². The molecule has 0 saturated carbocycles. The number of aromatic nitrogens is 4. The molecule has 8 aromatic carbocycles. The fraction of sp³-hybridized carbons (Fsp3) is 0.330. The number of nitrogens with zero attached hydrogens (tertiary/aromatic N) is 8. The molecule has 0 amide bonds. The van der Waals surface area contributed by atoms with Gasteiger partial charge in [-0.1, -0.05) is 98.5 Å². The van der Waals surface area contributed by atoms with Crippen molar-refractivity contribution >= 4 is 120 Å². The minimum atomic E-state index is -0.216. The van der Waals surface area contributed by atoms with Crippen LogP contribution in [-0.4, -0.2) is 123 Å². The number of Topliss-reactive ketones (excluding diaryl/α,β-unsaturated/α-hetero) is 1. The van der Waals surface area contributed by atoms with Crippen LogP contribution in [0.4, 0.5) is 18.9 Å². The van der Waals surface area contributed by atoms with E-state index in [4.69, 9.17) is 5.84 Å². The summed E-state index contributed by atoms with van der Waals surface area (Å²) in [5.41, 5.74) is 35.7. The van der Waals surface area contributed by atoms with Gasteiger partial charge in [-0.15, -0.1) is 6.58 Å². The highest BCUT2D eigenvalue weighted by Crippen LogP contribution is 2.41. The molecule has 12 aromatic rings. The van der Waals surface area contributed by atoms with Crippen LogP contribution in [0.1, 0.15) is 121 Å². The molecule has 10 heterocycles. The second kappa shape index (κ2) is 37.7. The lowest BCUT2D eigenvalue weighted by molar-refractivity contribution is -0.121. The van der Waals surface area contributed by atoms with E-state index in [1.54, 1.807) is 12.1 Å². The number of anilines is 1. The molecule has 4 aromatic heterocycles. The van der Waals surface area contributed by atoms with Crippen LogP contribution in [0.25, 0.3) is 60.3 Å². The summed E-state index contributed by atoms with van der Waals surface area (Å²) in [5, 5.41) is 5.49. The van der Waals surface area contributed by atoms with Crippen LogP contribution in [0.15, 0.2) is 185 Å². The zero-order chi connectivity index (χ0) is 80.9. The lowest BCUT2D eigenvalue weighted by Gasteiger charge is -2.24. The molecule has 6 aliphatic rings. The first kappa shape index (κ1) is 85.7. The van der Waals surface area contributed by atoms with E-state index in [1.807, 2.05) is 74.6 Å². The number of rotatable bonds is 10. The van der Waals surface area contributed by atoms with Gasteiger partial charge in [0.25, 0.3) is 0 Å². The van der Waals surface area contributed by atoms with Gasteiger partial charge in [0, 0.05) is 181 Å². The maximum Gasteiger partial charge on any atom is 0.135 e. The number of nitrogen functional groups attached to an aromatic ring is 1. The molecule has 0 unspecified atom stereocenters. The first-order chi connectivity index (χ1) is 54.7. The van der Waals surface area contributed by atoms with Crippen LogP contribution in [0.3, 0.4) is 0 Å². The number of aromatic amines is 1. The minimum absolute atomic E-state index is 0. The second-order valence-corrected chi connectivity index (χ2v) is 34.7. The van der Waals surface area contributed by atoms with Gasteiger partial charge in [-0.3, -0.25) is 10.6 Å². The van der Waals surface area contributed by atoms with E-state index in [1.165, 1.54) is 162 Å². The van der Waals surface area contributed by atoms with E-state index in [-0.39, 0.29) is 24.9 Å². The number of hydrazine groups is 1. The topological polar surface area (TPSA) is 102 Å². The second-order valence-electron chi connectivity index (χ2n) is 32.1. The summed E-state index contributed by atoms with van der Waals surface area (Å²) >= 11 is 10.8. The Balaban J connectivity index is 0.000000133. The van der Waals surface area contributed by atoms with E-state index >= 15 is 0 Å². The third kappa shape index (κ3) is 19.8. The highest BCUT2D eigenvalue weighted by atomic mass is 79.9. The molecule has 6 aliphatic heterocycles. The highest BCUT2D eigenvalue weighted by Gasteiger charge is 2.30. The Hall–Kier alpha value is -8.66. The number of halogens is 6. The fourth-order valence-corrected chi connectivity index (χ4v) is 19.2. The third-order valence-electron chi connectivity index (χ3n) is 23.0. The number of allylic oxidation sites excluding steroid dienone is 5. The molecule has 1 saturated heterocycles. The van der Waals surface area contributed by atoms with Crippen LogP contribution in [0.2, 0.25) is 0 Å². The molecule has 0 spiro atoms. The van der Waals surface area contributed by atoms with Crippen molar-refractivity contribution in [1.82, 2.24) is 43.2 Å². The molecule has 4 N–H and O–H groups in total. The van der Waals surface area contributed by atoms with Crippen LogP contribution in [0, 0.1) is 52.1 Å². The van der Waals surface area contributed by atoms with E-state index in [0.29, 0.717) is 18.9 Å². The van der Waals surface area contributed by atoms with Crippen molar-refractivity contribution in [3.05, 3.63) is 303 Å². The van der Waals surface area contributed by atoms with Crippen molar-refractivity contribution in [3.63, 3.8) is 0 Å². The molecule has 115 heavy (non-hydrogen) atoms. The summed E-state index contributed by atoms with van der Waals surface area (Å²) in [6.45, 7) is 35.9. The number of fused-ring (bicyclic) bond motifs is 12. The molecular weight excluding hydrogens is 1630 g/mol. The van der Waals surface area contributed by atoms with Crippen LogP contribution in [0.5, 0.6) is 0 Å². The van der Waals surface area contributed by atoms with Crippen LogP contribution < -0.4 is 11.3 Å². The molecule has 18 heteroatoms. The Labute approximate surface area is 703 Å². The number of hydrogen-bond acceptors (Lipinski definition) is 8. The normalized spacial score (nSPS) is 15.5. The number of ketones is 1. The van der Waals surface area contributed by atoms with Gasteiger partial charge in [0.1, 0.15) is 23.2 Å². The molecule has 1 fully saturated rings.